The van der Waals surface area contributed by atoms with E-state index in [-0.39, 0.29) is 0 Å². The van der Waals surface area contributed by atoms with Gasteiger partial charge in [0.15, 0.2) is 0 Å². The molecule has 0 aliphatic rings. The second-order valence-electron chi connectivity index (χ2n) is 2.47. The van der Waals surface area contributed by atoms with Crippen molar-refractivity contribution in [1.29, 1.82) is 0 Å². The van der Waals surface area contributed by atoms with Crippen LogP contribution in [0.3, 0.4) is 0 Å². The molecule has 0 saturated carbocycles. The molecule has 0 aliphatic carbocycles. The highest BCUT2D eigenvalue weighted by Crippen LogP contribution is 2.33. The first-order chi connectivity index (χ1) is 6.59. The van der Waals surface area contributed by atoms with Crippen molar-refractivity contribution in [2.75, 3.05) is 0 Å². The highest BCUT2D eigenvalue weighted by Gasteiger charge is 2.35. The minimum Gasteiger partial charge on any atom is -0.269 e. The third-order valence-corrected chi connectivity index (χ3v) is 2.35. The Labute approximate surface area is 90.1 Å². The van der Waals surface area contributed by atoms with Crippen molar-refractivity contribution in [3.8, 4) is 0 Å². The Morgan fingerprint density at radius 1 is 1.29 bits per heavy atom. The molecule has 0 atom stereocenters. The van der Waals surface area contributed by atoms with E-state index in [0.717, 1.165) is 0 Å². The van der Waals surface area contributed by atoms with Gasteiger partial charge in [0.1, 0.15) is 0 Å². The normalized spacial score (nSPS) is 10.7. The Morgan fingerprint density at radius 2 is 1.86 bits per heavy atom. The first-order valence-electron chi connectivity index (χ1n) is 3.65. The number of carbonyl (C=O) groups excluding carboxylic acids is 1. The summed E-state index contributed by atoms with van der Waals surface area (Å²) in [6.45, 7) is 0. The van der Waals surface area contributed by atoms with Gasteiger partial charge >= 0.3 is 0 Å². The lowest BCUT2D eigenvalue weighted by atomic mass is 10.1. The summed E-state index contributed by atoms with van der Waals surface area (Å²) >= 11 is 11.5. The molecule has 0 bridgehead atoms. The molecule has 0 heterocycles. The molecule has 1 amide bonds. The summed E-state index contributed by atoms with van der Waals surface area (Å²) in [7, 11) is 0. The molecule has 1 aromatic rings. The largest absolute Gasteiger partial charge is 0.283 e. The molecule has 0 radical (unpaired) electrons. The fraction of sp³-hybridized carbons (Fsp3) is 0.125. The lowest BCUT2D eigenvalue weighted by Gasteiger charge is -2.16. The van der Waals surface area contributed by atoms with Crippen LogP contribution in [0.2, 0.25) is 0 Å². The number of nitrogens with one attached hydrogen (secondary N) is 1. The van der Waals surface area contributed by atoms with Gasteiger partial charge in [0.05, 0.1) is 5.29 Å². The second-order valence-corrected chi connectivity index (χ2v) is 3.80. The highest BCUT2D eigenvalue weighted by atomic mass is 35.5. The fourth-order valence-electron chi connectivity index (χ4n) is 0.890. The van der Waals surface area contributed by atoms with Gasteiger partial charge in [-0.3, -0.25) is 4.79 Å². The minimum absolute atomic E-state index is 0.379. The Bertz CT molecular complexity index is 340. The van der Waals surface area contributed by atoms with Crippen LogP contribution in [-0.2, 0) is 9.13 Å². The number of halogens is 2. The summed E-state index contributed by atoms with van der Waals surface area (Å²) in [5.74, 6) is -0.873. The van der Waals surface area contributed by atoms with Crippen LogP contribution < -0.4 is 5.43 Å². The molecule has 1 N–H and O–H groups in total. The molecule has 0 unspecified atom stereocenters. The number of nitrogens with zero attached hydrogens (tertiary/aromatic N) is 1. The monoisotopic (exact) mass is 232 g/mol. The quantitative estimate of drug-likeness (QED) is 0.493. The predicted octanol–water partition coefficient (Wildman–Crippen LogP) is 2.11. The average molecular weight is 233 g/mol. The summed E-state index contributed by atoms with van der Waals surface area (Å²) in [5, 5.41) is 2.21. The predicted molar refractivity (Wildman–Crippen MR) is 53.8 cm³/mol. The van der Waals surface area contributed by atoms with Crippen LogP contribution in [0.25, 0.3) is 0 Å². The fourth-order valence-corrected chi connectivity index (χ4v) is 1.23. The van der Waals surface area contributed by atoms with E-state index in [2.05, 4.69) is 5.29 Å². The Hall–Kier alpha value is -1.13. The average Bonchev–Trinajstić information content (AvgIpc) is 2.19. The van der Waals surface area contributed by atoms with Crippen molar-refractivity contribution in [3.63, 3.8) is 0 Å². The molecule has 0 fully saturated rings. The number of benzene rings is 1. The molecule has 4 nitrogen and oxygen atoms in total. The standard InChI is InChI=1S/C8H6Cl2N2O2/c9-8(10,7(13)11-12-14)6-4-2-1-3-5-6/h1-5H,(H,11,13,14). The van der Waals surface area contributed by atoms with Crippen molar-refractivity contribution in [2.45, 2.75) is 4.33 Å². The van der Waals surface area contributed by atoms with E-state index in [1.54, 1.807) is 35.8 Å². The maximum atomic E-state index is 11.2. The third-order valence-electron chi connectivity index (χ3n) is 1.57. The van der Waals surface area contributed by atoms with E-state index < -0.39 is 10.2 Å². The first-order valence-corrected chi connectivity index (χ1v) is 4.40. The number of carbonyl (C=O) groups is 1. The summed E-state index contributed by atoms with van der Waals surface area (Å²) in [5.41, 5.74) is 2.03. The molecule has 0 aliphatic heterocycles. The first kappa shape index (κ1) is 10.9. The van der Waals surface area contributed by atoms with Crippen molar-refractivity contribution < 1.29 is 4.79 Å². The van der Waals surface area contributed by atoms with Crippen LogP contribution in [-0.4, -0.2) is 5.91 Å². The number of alkyl halides is 2. The van der Waals surface area contributed by atoms with E-state index in [1.165, 1.54) is 0 Å². The van der Waals surface area contributed by atoms with Gasteiger partial charge in [0.25, 0.3) is 5.91 Å². The molecule has 14 heavy (non-hydrogen) atoms. The van der Waals surface area contributed by atoms with Crippen molar-refractivity contribution in [1.82, 2.24) is 5.43 Å². The summed E-state index contributed by atoms with van der Waals surface area (Å²) in [6, 6.07) is 8.25. The molecule has 1 aromatic carbocycles. The Balaban J connectivity index is 2.95. The number of rotatable bonds is 3. The van der Waals surface area contributed by atoms with Gasteiger partial charge in [0.2, 0.25) is 4.33 Å². The maximum Gasteiger partial charge on any atom is 0.283 e. The molecular weight excluding hydrogens is 227 g/mol. The zero-order valence-corrected chi connectivity index (χ0v) is 8.42. The van der Waals surface area contributed by atoms with Crippen LogP contribution in [0.5, 0.6) is 0 Å². The maximum absolute atomic E-state index is 11.2. The van der Waals surface area contributed by atoms with E-state index in [0.29, 0.717) is 5.56 Å². The molecular formula is C8H6Cl2N2O2. The Morgan fingerprint density at radius 3 is 2.36 bits per heavy atom. The van der Waals surface area contributed by atoms with Gasteiger partial charge in [-0.1, -0.05) is 53.5 Å². The van der Waals surface area contributed by atoms with E-state index >= 15 is 0 Å². The van der Waals surface area contributed by atoms with Gasteiger partial charge in [-0.25, -0.2) is 5.43 Å². The van der Waals surface area contributed by atoms with Gasteiger partial charge in [0, 0.05) is 0 Å². The van der Waals surface area contributed by atoms with Crippen LogP contribution >= 0.6 is 23.2 Å². The highest BCUT2D eigenvalue weighted by molar-refractivity contribution is 6.57. The zero-order chi connectivity index (χ0) is 10.6. The molecule has 0 aromatic heterocycles. The summed E-state index contributed by atoms with van der Waals surface area (Å²) in [6.07, 6.45) is 0. The summed E-state index contributed by atoms with van der Waals surface area (Å²) < 4.78 is -1.80. The van der Waals surface area contributed by atoms with Gasteiger partial charge in [-0.15, -0.1) is 4.91 Å². The van der Waals surface area contributed by atoms with E-state index in [9.17, 15) is 9.70 Å². The molecule has 0 spiro atoms. The van der Waals surface area contributed by atoms with E-state index in [1.807, 2.05) is 0 Å². The molecule has 74 valence electrons. The third kappa shape index (κ3) is 2.21. The smallest absolute Gasteiger partial charge is 0.269 e. The summed E-state index contributed by atoms with van der Waals surface area (Å²) in [4.78, 5) is 21.0. The zero-order valence-electron chi connectivity index (χ0n) is 6.91. The van der Waals surface area contributed by atoms with Crippen molar-refractivity contribution in [3.05, 3.63) is 40.8 Å². The van der Waals surface area contributed by atoms with Crippen LogP contribution in [0.15, 0.2) is 35.6 Å². The number of nitroso groups, excluding NO2 is 1. The van der Waals surface area contributed by atoms with Crippen LogP contribution in [0.4, 0.5) is 0 Å². The van der Waals surface area contributed by atoms with Gasteiger partial charge in [-0.05, 0) is 5.56 Å². The lowest BCUT2D eigenvalue weighted by molar-refractivity contribution is -0.121. The lowest BCUT2D eigenvalue weighted by Crippen LogP contribution is -2.33. The molecule has 6 heteroatoms. The molecule has 0 saturated heterocycles. The van der Waals surface area contributed by atoms with Crippen LogP contribution in [0, 0.1) is 4.91 Å². The number of hydrogen-bond acceptors (Lipinski definition) is 3. The van der Waals surface area contributed by atoms with Crippen LogP contribution in [0.1, 0.15) is 5.56 Å². The molecule has 1 rings (SSSR count). The van der Waals surface area contributed by atoms with Gasteiger partial charge in [-0.2, -0.15) is 0 Å². The van der Waals surface area contributed by atoms with Crippen molar-refractivity contribution in [2.24, 2.45) is 5.29 Å². The van der Waals surface area contributed by atoms with Gasteiger partial charge < -0.3 is 0 Å². The topological polar surface area (TPSA) is 58.5 Å². The second kappa shape index (κ2) is 4.39. The minimum atomic E-state index is -1.80. The Kier molecular flexibility index (Phi) is 3.43. The SMILES string of the molecule is O=NNC(=O)C(Cl)(Cl)c1ccccc1. The van der Waals surface area contributed by atoms with Crippen molar-refractivity contribution >= 4 is 29.1 Å². The number of hydrogen-bond donors (Lipinski definition) is 1. The number of amides is 1. The van der Waals surface area contributed by atoms with E-state index in [4.69, 9.17) is 23.2 Å².